The average Bonchev–Trinajstić information content (AvgIpc) is 2.32. The summed E-state index contributed by atoms with van der Waals surface area (Å²) < 4.78 is 0. The summed E-state index contributed by atoms with van der Waals surface area (Å²) in [5.41, 5.74) is 2.27. The van der Waals surface area contributed by atoms with Gasteiger partial charge in [-0.1, -0.05) is 31.9 Å². The van der Waals surface area contributed by atoms with Gasteiger partial charge in [0.15, 0.2) is 0 Å². The summed E-state index contributed by atoms with van der Waals surface area (Å²) in [5, 5.41) is 13.4. The quantitative estimate of drug-likeness (QED) is 0.839. The number of nitrogens with one attached hydrogen (secondary N) is 1. The third-order valence-corrected chi connectivity index (χ3v) is 4.15. The molecule has 0 heterocycles. The Morgan fingerprint density at radius 2 is 2.24 bits per heavy atom. The zero-order chi connectivity index (χ0) is 12.3. The summed E-state index contributed by atoms with van der Waals surface area (Å²) in [7, 11) is 0. The molecule has 2 nitrogen and oxygen atoms in total. The van der Waals surface area contributed by atoms with Crippen LogP contribution in [0.2, 0.25) is 0 Å². The van der Waals surface area contributed by atoms with Crippen LogP contribution in [0.1, 0.15) is 38.2 Å². The van der Waals surface area contributed by atoms with Gasteiger partial charge in [-0.05, 0) is 43.4 Å². The second-order valence-corrected chi connectivity index (χ2v) is 5.46. The van der Waals surface area contributed by atoms with Gasteiger partial charge in [-0.25, -0.2) is 0 Å². The maximum atomic E-state index is 9.78. The molecule has 2 rings (SSSR count). The van der Waals surface area contributed by atoms with Crippen LogP contribution in [0.5, 0.6) is 0 Å². The van der Waals surface area contributed by atoms with Crippen LogP contribution in [-0.4, -0.2) is 17.3 Å². The molecule has 1 aliphatic carbocycles. The fraction of sp³-hybridized carbons (Fsp3) is 0.600. The van der Waals surface area contributed by atoms with Crippen LogP contribution in [-0.2, 0) is 0 Å². The van der Waals surface area contributed by atoms with E-state index < -0.39 is 0 Å². The molecule has 2 heteroatoms. The van der Waals surface area contributed by atoms with E-state index in [0.717, 1.165) is 12.1 Å². The van der Waals surface area contributed by atoms with E-state index >= 15 is 0 Å². The number of hydrogen-bond acceptors (Lipinski definition) is 2. The molecule has 0 radical (unpaired) electrons. The molecular formula is C15H23NO. The largest absolute Gasteiger partial charge is 0.394 e. The van der Waals surface area contributed by atoms with Gasteiger partial charge in [-0.3, -0.25) is 0 Å². The summed E-state index contributed by atoms with van der Waals surface area (Å²) >= 11 is 0. The van der Waals surface area contributed by atoms with Gasteiger partial charge in [0, 0.05) is 5.69 Å². The van der Waals surface area contributed by atoms with Crippen LogP contribution in [0.15, 0.2) is 24.3 Å². The van der Waals surface area contributed by atoms with E-state index in [1.165, 1.54) is 24.8 Å². The number of rotatable bonds is 3. The predicted molar refractivity (Wildman–Crippen MR) is 72.3 cm³/mol. The van der Waals surface area contributed by atoms with Crippen LogP contribution < -0.4 is 5.32 Å². The number of benzene rings is 1. The minimum absolute atomic E-state index is 0.119. The monoisotopic (exact) mass is 233 g/mol. The van der Waals surface area contributed by atoms with E-state index in [2.05, 4.69) is 43.4 Å². The van der Waals surface area contributed by atoms with Gasteiger partial charge in [0.05, 0.1) is 12.1 Å². The van der Waals surface area contributed by atoms with Crippen molar-refractivity contribution in [1.82, 2.24) is 0 Å². The molecule has 0 saturated heterocycles. The Balaban J connectivity index is 2.18. The molecule has 2 N–H and O–H groups in total. The molecule has 1 aromatic carbocycles. The Bertz CT molecular complexity index is 377. The molecular weight excluding hydrogens is 210 g/mol. The average molecular weight is 233 g/mol. The summed E-state index contributed by atoms with van der Waals surface area (Å²) in [5.74, 6) is 0.529. The molecule has 0 aromatic heterocycles. The maximum Gasteiger partial charge on any atom is 0.0664 e. The minimum Gasteiger partial charge on any atom is -0.394 e. The second kappa shape index (κ2) is 5.09. The third-order valence-electron chi connectivity index (χ3n) is 4.15. The fourth-order valence-electron chi connectivity index (χ4n) is 2.88. The molecule has 1 aliphatic rings. The highest BCUT2D eigenvalue weighted by Gasteiger charge is 2.37. The van der Waals surface area contributed by atoms with Crippen LogP contribution in [0, 0.1) is 12.8 Å². The highest BCUT2D eigenvalue weighted by molar-refractivity contribution is 5.48. The zero-order valence-electron chi connectivity index (χ0n) is 10.9. The first kappa shape index (κ1) is 12.4. The van der Waals surface area contributed by atoms with Gasteiger partial charge in [0.25, 0.3) is 0 Å². The van der Waals surface area contributed by atoms with Gasteiger partial charge in [-0.2, -0.15) is 0 Å². The lowest BCUT2D eigenvalue weighted by atomic mass is 9.74. The third kappa shape index (κ3) is 2.63. The molecule has 1 aromatic rings. The molecule has 94 valence electrons. The number of hydrogen-bond donors (Lipinski definition) is 2. The number of aliphatic hydroxyl groups is 1. The van der Waals surface area contributed by atoms with Crippen molar-refractivity contribution < 1.29 is 5.11 Å². The van der Waals surface area contributed by atoms with E-state index in [0.29, 0.717) is 5.92 Å². The van der Waals surface area contributed by atoms with Crippen LogP contribution >= 0.6 is 0 Å². The first-order valence-electron chi connectivity index (χ1n) is 6.62. The molecule has 2 atom stereocenters. The van der Waals surface area contributed by atoms with Crippen molar-refractivity contribution in [3.05, 3.63) is 29.8 Å². The molecule has 0 bridgehead atoms. The number of aliphatic hydroxyl groups excluding tert-OH is 1. The standard InChI is InChI=1S/C15H23NO/c1-12-6-5-8-14(10-12)16-15(11-17)9-4-3-7-13(15)2/h5-6,8,10,13,16-17H,3-4,7,9,11H2,1-2H3. The van der Waals surface area contributed by atoms with E-state index in [-0.39, 0.29) is 12.1 Å². The van der Waals surface area contributed by atoms with Gasteiger partial charge >= 0.3 is 0 Å². The van der Waals surface area contributed by atoms with Crippen molar-refractivity contribution in [1.29, 1.82) is 0 Å². The van der Waals surface area contributed by atoms with Crippen LogP contribution in [0.25, 0.3) is 0 Å². The maximum absolute atomic E-state index is 9.78. The van der Waals surface area contributed by atoms with Crippen molar-refractivity contribution in [2.75, 3.05) is 11.9 Å². The van der Waals surface area contributed by atoms with Gasteiger partial charge in [-0.15, -0.1) is 0 Å². The lowest BCUT2D eigenvalue weighted by Gasteiger charge is -2.43. The van der Waals surface area contributed by atoms with E-state index in [1.807, 2.05) is 0 Å². The molecule has 0 aliphatic heterocycles. The lowest BCUT2D eigenvalue weighted by molar-refractivity contribution is 0.126. The molecule has 1 saturated carbocycles. The van der Waals surface area contributed by atoms with Crippen molar-refractivity contribution in [2.45, 2.75) is 45.1 Å². The van der Waals surface area contributed by atoms with Crippen LogP contribution in [0.4, 0.5) is 5.69 Å². The summed E-state index contributed by atoms with van der Waals surface area (Å²) in [4.78, 5) is 0. The van der Waals surface area contributed by atoms with Crippen LogP contribution in [0.3, 0.4) is 0 Å². The lowest BCUT2D eigenvalue weighted by Crippen LogP contribution is -2.49. The first-order valence-corrected chi connectivity index (χ1v) is 6.62. The van der Waals surface area contributed by atoms with Gasteiger partial charge in [0.2, 0.25) is 0 Å². The second-order valence-electron chi connectivity index (χ2n) is 5.46. The van der Waals surface area contributed by atoms with Gasteiger partial charge < -0.3 is 10.4 Å². The SMILES string of the molecule is Cc1cccc(NC2(CO)CCCCC2C)c1. The van der Waals surface area contributed by atoms with Gasteiger partial charge in [0.1, 0.15) is 0 Å². The summed E-state index contributed by atoms with van der Waals surface area (Å²) in [6, 6.07) is 8.40. The molecule has 2 unspecified atom stereocenters. The summed E-state index contributed by atoms with van der Waals surface area (Å²) in [6.07, 6.45) is 4.78. The Kier molecular flexibility index (Phi) is 3.72. The van der Waals surface area contributed by atoms with Crippen molar-refractivity contribution >= 4 is 5.69 Å². The Labute approximate surface area is 104 Å². The molecule has 0 spiro atoms. The van der Waals surface area contributed by atoms with E-state index in [9.17, 15) is 5.11 Å². The van der Waals surface area contributed by atoms with Crippen molar-refractivity contribution in [3.63, 3.8) is 0 Å². The van der Waals surface area contributed by atoms with Crippen molar-refractivity contribution in [3.8, 4) is 0 Å². The number of aryl methyl sites for hydroxylation is 1. The van der Waals surface area contributed by atoms with E-state index in [4.69, 9.17) is 0 Å². The van der Waals surface area contributed by atoms with Crippen molar-refractivity contribution in [2.24, 2.45) is 5.92 Å². The minimum atomic E-state index is -0.119. The van der Waals surface area contributed by atoms with E-state index in [1.54, 1.807) is 0 Å². The highest BCUT2D eigenvalue weighted by atomic mass is 16.3. The molecule has 0 amide bonds. The Morgan fingerprint density at radius 3 is 2.88 bits per heavy atom. The predicted octanol–water partition coefficient (Wildman–Crippen LogP) is 3.35. The Morgan fingerprint density at radius 1 is 1.41 bits per heavy atom. The summed E-state index contributed by atoms with van der Waals surface area (Å²) in [6.45, 7) is 4.57. The molecule has 17 heavy (non-hydrogen) atoms. The molecule has 1 fully saturated rings. The number of anilines is 1. The topological polar surface area (TPSA) is 32.3 Å². The Hall–Kier alpha value is -1.02. The fourth-order valence-corrected chi connectivity index (χ4v) is 2.88. The highest BCUT2D eigenvalue weighted by Crippen LogP contribution is 2.36. The zero-order valence-corrected chi connectivity index (χ0v) is 10.9. The normalized spacial score (nSPS) is 29.0. The first-order chi connectivity index (χ1) is 8.16. The smallest absolute Gasteiger partial charge is 0.0664 e.